The lowest BCUT2D eigenvalue weighted by Crippen LogP contribution is -2.26. The number of ether oxygens (including phenoxy) is 1. The van der Waals surface area contributed by atoms with Crippen LogP contribution in [0.1, 0.15) is 45.7 Å². The van der Waals surface area contributed by atoms with Gasteiger partial charge in [-0.3, -0.25) is 0 Å². The quantitative estimate of drug-likeness (QED) is 0.891. The third kappa shape index (κ3) is 3.65. The first kappa shape index (κ1) is 13.7. The van der Waals surface area contributed by atoms with Crippen LogP contribution < -0.4 is 5.32 Å². The Balaban J connectivity index is 1.85. The standard InChI is InChI=1S/C13H23N3OS/c1-4-14-13-12(15-16-18-13)8-17-11-6-9(2)5-10(3)7-11/h9-11,14H,4-8H2,1-3H3. The molecule has 18 heavy (non-hydrogen) atoms. The summed E-state index contributed by atoms with van der Waals surface area (Å²) in [6, 6.07) is 0. The normalized spacial score (nSPS) is 28.3. The fraction of sp³-hybridized carbons (Fsp3) is 0.846. The largest absolute Gasteiger partial charge is 0.374 e. The Labute approximate surface area is 113 Å². The van der Waals surface area contributed by atoms with E-state index in [0.717, 1.165) is 29.1 Å². The summed E-state index contributed by atoms with van der Waals surface area (Å²) in [5.74, 6) is 1.56. The molecular formula is C13H23N3OS. The van der Waals surface area contributed by atoms with Crippen molar-refractivity contribution in [3.8, 4) is 0 Å². The van der Waals surface area contributed by atoms with Gasteiger partial charge in [0.15, 0.2) is 0 Å². The molecule has 0 amide bonds. The Bertz CT molecular complexity index is 359. The third-order valence-electron chi connectivity index (χ3n) is 3.48. The van der Waals surface area contributed by atoms with E-state index in [-0.39, 0.29) is 0 Å². The molecular weight excluding hydrogens is 246 g/mol. The molecule has 0 radical (unpaired) electrons. The highest BCUT2D eigenvalue weighted by molar-refractivity contribution is 7.10. The van der Waals surface area contributed by atoms with Gasteiger partial charge in [0.05, 0.1) is 12.7 Å². The highest BCUT2D eigenvalue weighted by atomic mass is 32.1. The molecule has 0 aliphatic heterocycles. The van der Waals surface area contributed by atoms with Crippen LogP contribution >= 0.6 is 11.5 Å². The third-order valence-corrected chi connectivity index (χ3v) is 4.21. The minimum atomic E-state index is 0.389. The van der Waals surface area contributed by atoms with Gasteiger partial charge in [0.25, 0.3) is 0 Å². The number of aromatic nitrogens is 2. The molecule has 2 rings (SSSR count). The van der Waals surface area contributed by atoms with Gasteiger partial charge in [0, 0.05) is 18.1 Å². The lowest BCUT2D eigenvalue weighted by molar-refractivity contribution is -0.0103. The first-order chi connectivity index (χ1) is 8.69. The van der Waals surface area contributed by atoms with E-state index in [1.165, 1.54) is 30.8 Å². The Morgan fingerprint density at radius 1 is 1.28 bits per heavy atom. The zero-order valence-electron chi connectivity index (χ0n) is 11.5. The number of anilines is 1. The zero-order chi connectivity index (χ0) is 13.0. The maximum absolute atomic E-state index is 6.02. The van der Waals surface area contributed by atoms with Crippen LogP contribution in [-0.2, 0) is 11.3 Å². The van der Waals surface area contributed by atoms with Crippen molar-refractivity contribution < 1.29 is 4.74 Å². The highest BCUT2D eigenvalue weighted by Crippen LogP contribution is 2.31. The molecule has 2 atom stereocenters. The molecule has 1 aromatic heterocycles. The minimum absolute atomic E-state index is 0.389. The molecule has 1 saturated carbocycles. The van der Waals surface area contributed by atoms with Crippen molar-refractivity contribution >= 4 is 16.5 Å². The van der Waals surface area contributed by atoms with Gasteiger partial charge in [-0.05, 0) is 38.0 Å². The predicted molar refractivity (Wildman–Crippen MR) is 74.8 cm³/mol. The van der Waals surface area contributed by atoms with Gasteiger partial charge in [-0.2, -0.15) is 0 Å². The van der Waals surface area contributed by atoms with Crippen molar-refractivity contribution in [1.82, 2.24) is 9.59 Å². The van der Waals surface area contributed by atoms with Gasteiger partial charge in [0.1, 0.15) is 10.7 Å². The number of hydrogen-bond acceptors (Lipinski definition) is 5. The van der Waals surface area contributed by atoms with Crippen molar-refractivity contribution in [3.63, 3.8) is 0 Å². The second-order valence-electron chi connectivity index (χ2n) is 5.43. The second kappa shape index (κ2) is 6.48. The van der Waals surface area contributed by atoms with E-state index in [2.05, 4.69) is 35.7 Å². The zero-order valence-corrected chi connectivity index (χ0v) is 12.3. The molecule has 1 aliphatic carbocycles. The molecule has 1 aliphatic rings. The predicted octanol–water partition coefficient (Wildman–Crippen LogP) is 3.31. The van der Waals surface area contributed by atoms with Crippen molar-refractivity contribution in [3.05, 3.63) is 5.69 Å². The molecule has 0 saturated heterocycles. The van der Waals surface area contributed by atoms with E-state index >= 15 is 0 Å². The van der Waals surface area contributed by atoms with E-state index in [4.69, 9.17) is 4.74 Å². The van der Waals surface area contributed by atoms with Crippen LogP contribution in [-0.4, -0.2) is 22.2 Å². The van der Waals surface area contributed by atoms with Gasteiger partial charge in [0.2, 0.25) is 0 Å². The Morgan fingerprint density at radius 2 is 2.00 bits per heavy atom. The average Bonchev–Trinajstić information content (AvgIpc) is 2.73. The van der Waals surface area contributed by atoms with Crippen LogP contribution in [0.3, 0.4) is 0 Å². The molecule has 5 heteroatoms. The van der Waals surface area contributed by atoms with Crippen molar-refractivity contribution in [2.75, 3.05) is 11.9 Å². The Morgan fingerprint density at radius 3 is 2.67 bits per heavy atom. The van der Waals surface area contributed by atoms with Crippen LogP contribution in [0.15, 0.2) is 0 Å². The number of nitrogens with one attached hydrogen (secondary N) is 1. The SMILES string of the molecule is CCNc1snnc1COC1CC(C)CC(C)C1. The summed E-state index contributed by atoms with van der Waals surface area (Å²) in [7, 11) is 0. The average molecular weight is 269 g/mol. The summed E-state index contributed by atoms with van der Waals surface area (Å²) in [6.07, 6.45) is 4.08. The summed E-state index contributed by atoms with van der Waals surface area (Å²) >= 11 is 1.41. The number of hydrogen-bond donors (Lipinski definition) is 1. The molecule has 0 aromatic carbocycles. The maximum Gasteiger partial charge on any atom is 0.135 e. The van der Waals surface area contributed by atoms with Crippen LogP contribution in [0.4, 0.5) is 5.00 Å². The minimum Gasteiger partial charge on any atom is -0.374 e. The topological polar surface area (TPSA) is 47.0 Å². The Kier molecular flexibility index (Phi) is 4.95. The van der Waals surface area contributed by atoms with Gasteiger partial charge >= 0.3 is 0 Å². The van der Waals surface area contributed by atoms with E-state index in [9.17, 15) is 0 Å². The number of rotatable bonds is 5. The first-order valence-electron chi connectivity index (χ1n) is 6.85. The fourth-order valence-corrected chi connectivity index (χ4v) is 3.44. The van der Waals surface area contributed by atoms with Crippen molar-refractivity contribution in [2.45, 2.75) is 52.7 Å². The van der Waals surface area contributed by atoms with E-state index < -0.39 is 0 Å². The molecule has 2 unspecified atom stereocenters. The molecule has 1 heterocycles. The van der Waals surface area contributed by atoms with E-state index in [1.807, 2.05) is 0 Å². The summed E-state index contributed by atoms with van der Waals surface area (Å²) < 4.78 is 10.0. The lowest BCUT2D eigenvalue weighted by Gasteiger charge is -2.31. The summed E-state index contributed by atoms with van der Waals surface area (Å²) in [5, 5.41) is 8.46. The smallest absolute Gasteiger partial charge is 0.135 e. The van der Waals surface area contributed by atoms with E-state index in [0.29, 0.717) is 12.7 Å². The van der Waals surface area contributed by atoms with Crippen molar-refractivity contribution in [2.24, 2.45) is 11.8 Å². The molecule has 1 aromatic rings. The van der Waals surface area contributed by atoms with Crippen LogP contribution in [0.5, 0.6) is 0 Å². The second-order valence-corrected chi connectivity index (χ2v) is 6.18. The fourth-order valence-electron chi connectivity index (χ4n) is 2.80. The molecule has 102 valence electrons. The van der Waals surface area contributed by atoms with Crippen LogP contribution in [0, 0.1) is 11.8 Å². The van der Waals surface area contributed by atoms with Crippen LogP contribution in [0.25, 0.3) is 0 Å². The molecule has 0 spiro atoms. The molecule has 1 N–H and O–H groups in total. The summed E-state index contributed by atoms with van der Waals surface area (Å²) in [4.78, 5) is 0. The lowest BCUT2D eigenvalue weighted by atomic mass is 9.82. The monoisotopic (exact) mass is 269 g/mol. The highest BCUT2D eigenvalue weighted by Gasteiger charge is 2.24. The maximum atomic E-state index is 6.02. The van der Waals surface area contributed by atoms with Crippen LogP contribution in [0.2, 0.25) is 0 Å². The summed E-state index contributed by atoms with van der Waals surface area (Å²) in [6.45, 7) is 8.20. The van der Waals surface area contributed by atoms with E-state index in [1.54, 1.807) is 0 Å². The van der Waals surface area contributed by atoms with Gasteiger partial charge < -0.3 is 10.1 Å². The summed E-state index contributed by atoms with van der Waals surface area (Å²) in [5.41, 5.74) is 0.952. The molecule has 0 bridgehead atoms. The number of nitrogens with zero attached hydrogens (tertiary/aromatic N) is 2. The van der Waals surface area contributed by atoms with Gasteiger partial charge in [-0.15, -0.1) is 5.10 Å². The first-order valence-corrected chi connectivity index (χ1v) is 7.63. The van der Waals surface area contributed by atoms with Gasteiger partial charge in [-0.1, -0.05) is 18.3 Å². The van der Waals surface area contributed by atoms with Gasteiger partial charge in [-0.25, -0.2) is 0 Å². The van der Waals surface area contributed by atoms with Crippen molar-refractivity contribution in [1.29, 1.82) is 0 Å². The Hall–Kier alpha value is -0.680. The molecule has 4 nitrogen and oxygen atoms in total. The molecule has 1 fully saturated rings.